The number of hydrogen-bond acceptors (Lipinski definition) is 7. The monoisotopic (exact) mass is 378 g/mol. The molecule has 1 N–H and O–H groups in total. The lowest BCUT2D eigenvalue weighted by Crippen LogP contribution is -2.10. The molecule has 0 saturated heterocycles. The Balaban J connectivity index is 2.05. The first-order valence-electron chi connectivity index (χ1n) is 9.27. The molecule has 0 unspecified atom stereocenters. The number of unbranched alkanes of at least 4 members (excludes halogenated alkanes) is 3. The molecule has 0 aliphatic rings. The average molecular weight is 378 g/mol. The molecule has 7 heteroatoms. The number of rotatable bonds is 11. The molecule has 1 aromatic heterocycles. The maximum Gasteiger partial charge on any atom is 0.383 e. The highest BCUT2D eigenvalue weighted by Gasteiger charge is 2.16. The van der Waals surface area contributed by atoms with Crippen molar-refractivity contribution in [3.05, 3.63) is 28.6 Å². The normalized spacial score (nSPS) is 10.7. The van der Waals surface area contributed by atoms with Gasteiger partial charge in [0.2, 0.25) is 5.75 Å². The minimum absolute atomic E-state index is 0.117. The first-order chi connectivity index (χ1) is 13.1. The molecule has 1 aromatic carbocycles. The Labute approximate surface area is 157 Å². The van der Waals surface area contributed by atoms with Crippen LogP contribution in [0, 0.1) is 0 Å². The van der Waals surface area contributed by atoms with Crippen LogP contribution in [0.2, 0.25) is 0 Å². The van der Waals surface area contributed by atoms with Crippen LogP contribution < -0.4 is 15.1 Å². The summed E-state index contributed by atoms with van der Waals surface area (Å²) in [5, 5.41) is 10.7. The first-order valence-corrected chi connectivity index (χ1v) is 9.27. The second-order valence-electron chi connectivity index (χ2n) is 6.04. The zero-order valence-corrected chi connectivity index (χ0v) is 15.8. The summed E-state index contributed by atoms with van der Waals surface area (Å²) < 4.78 is 21.0. The van der Waals surface area contributed by atoms with Crippen LogP contribution in [0.3, 0.4) is 0 Å². The largest absolute Gasteiger partial charge is 0.504 e. The van der Waals surface area contributed by atoms with Gasteiger partial charge in [-0.3, -0.25) is 4.79 Å². The molecule has 1 heterocycles. The zero-order valence-electron chi connectivity index (χ0n) is 15.8. The fourth-order valence-corrected chi connectivity index (χ4v) is 2.55. The van der Waals surface area contributed by atoms with Crippen LogP contribution in [0.5, 0.6) is 17.2 Å². The molecule has 0 atom stereocenters. The van der Waals surface area contributed by atoms with Crippen molar-refractivity contribution in [1.82, 2.24) is 0 Å². The van der Waals surface area contributed by atoms with E-state index in [9.17, 15) is 14.7 Å². The lowest BCUT2D eigenvalue weighted by atomic mass is 10.2. The molecule has 0 aliphatic carbocycles. The molecule has 2 aromatic rings. The Morgan fingerprint density at radius 1 is 1.11 bits per heavy atom. The number of hydrogen-bond donors (Lipinski definition) is 1. The fraction of sp³-hybridized carbons (Fsp3) is 0.500. The second-order valence-corrected chi connectivity index (χ2v) is 6.04. The number of esters is 1. The van der Waals surface area contributed by atoms with Crippen molar-refractivity contribution in [2.24, 2.45) is 0 Å². The van der Waals surface area contributed by atoms with Crippen LogP contribution in [0.1, 0.15) is 46.0 Å². The van der Waals surface area contributed by atoms with E-state index < -0.39 is 5.63 Å². The molecule has 0 saturated carbocycles. The van der Waals surface area contributed by atoms with E-state index in [-0.39, 0.29) is 36.1 Å². The average Bonchev–Trinajstić information content (AvgIpc) is 2.64. The maximum absolute atomic E-state index is 12.1. The van der Waals surface area contributed by atoms with Gasteiger partial charge in [-0.15, -0.1) is 0 Å². The van der Waals surface area contributed by atoms with Gasteiger partial charge in [-0.2, -0.15) is 0 Å². The van der Waals surface area contributed by atoms with Crippen molar-refractivity contribution in [3.63, 3.8) is 0 Å². The molecule has 2 rings (SSSR count). The highest BCUT2D eigenvalue weighted by Crippen LogP contribution is 2.33. The van der Waals surface area contributed by atoms with E-state index in [2.05, 4.69) is 6.92 Å². The van der Waals surface area contributed by atoms with Crippen molar-refractivity contribution in [1.29, 1.82) is 0 Å². The summed E-state index contributed by atoms with van der Waals surface area (Å²) >= 11 is 0. The lowest BCUT2D eigenvalue weighted by Gasteiger charge is -2.10. The molecule has 0 aliphatic heterocycles. The van der Waals surface area contributed by atoms with Crippen molar-refractivity contribution in [3.8, 4) is 17.2 Å². The van der Waals surface area contributed by atoms with Gasteiger partial charge >= 0.3 is 11.6 Å². The van der Waals surface area contributed by atoms with Crippen molar-refractivity contribution in [2.75, 3.05) is 19.8 Å². The Morgan fingerprint density at radius 2 is 1.93 bits per heavy atom. The molecule has 0 spiro atoms. The Bertz CT molecular complexity index is 810. The second kappa shape index (κ2) is 10.4. The van der Waals surface area contributed by atoms with Crippen molar-refractivity contribution >= 4 is 16.9 Å². The minimum atomic E-state index is -0.737. The molecule has 27 heavy (non-hydrogen) atoms. The van der Waals surface area contributed by atoms with Gasteiger partial charge in [0, 0.05) is 6.07 Å². The third kappa shape index (κ3) is 5.91. The number of ether oxygens (including phenoxy) is 3. The summed E-state index contributed by atoms with van der Waals surface area (Å²) in [4.78, 5) is 23.4. The topological polar surface area (TPSA) is 95.2 Å². The summed E-state index contributed by atoms with van der Waals surface area (Å²) in [6, 6.07) is 4.70. The van der Waals surface area contributed by atoms with E-state index in [1.807, 2.05) is 0 Å². The van der Waals surface area contributed by atoms with Gasteiger partial charge in [-0.25, -0.2) is 4.79 Å². The summed E-state index contributed by atoms with van der Waals surface area (Å²) in [5.41, 5.74) is -0.552. The van der Waals surface area contributed by atoms with E-state index in [0.717, 1.165) is 25.7 Å². The number of carbonyl (C=O) groups is 1. The number of fused-ring (bicyclic) bond motifs is 1. The lowest BCUT2D eigenvalue weighted by molar-refractivity contribution is -0.143. The number of benzene rings is 1. The van der Waals surface area contributed by atoms with Gasteiger partial charge in [-0.1, -0.05) is 26.2 Å². The Hall–Kier alpha value is -2.70. The SMILES string of the molecule is CCCCCCOc1c(O)c2ccc(OCCC(=O)OCC)cc2oc1=O. The van der Waals surface area contributed by atoms with E-state index in [0.29, 0.717) is 24.3 Å². The highest BCUT2D eigenvalue weighted by atomic mass is 16.5. The van der Waals surface area contributed by atoms with E-state index >= 15 is 0 Å². The summed E-state index contributed by atoms with van der Waals surface area (Å²) in [7, 11) is 0. The summed E-state index contributed by atoms with van der Waals surface area (Å²) in [6.45, 7) is 4.65. The third-order valence-corrected chi connectivity index (χ3v) is 3.94. The van der Waals surface area contributed by atoms with Crippen LogP contribution >= 0.6 is 0 Å². The van der Waals surface area contributed by atoms with Crippen LogP contribution in [-0.2, 0) is 9.53 Å². The predicted octanol–water partition coefficient (Wildman–Crippen LogP) is 3.79. The number of aromatic hydroxyl groups is 1. The predicted molar refractivity (Wildman–Crippen MR) is 101 cm³/mol. The molecular formula is C20H26O7. The van der Waals surface area contributed by atoms with Gasteiger partial charge < -0.3 is 23.7 Å². The molecule has 148 valence electrons. The molecule has 0 radical (unpaired) electrons. The Morgan fingerprint density at radius 3 is 2.67 bits per heavy atom. The smallest absolute Gasteiger partial charge is 0.383 e. The van der Waals surface area contributed by atoms with Crippen molar-refractivity contribution in [2.45, 2.75) is 46.0 Å². The summed E-state index contributed by atoms with van der Waals surface area (Å²) in [6.07, 6.45) is 4.13. The van der Waals surface area contributed by atoms with Gasteiger partial charge in [0.05, 0.1) is 31.6 Å². The van der Waals surface area contributed by atoms with Gasteiger partial charge in [0.1, 0.15) is 11.3 Å². The number of carbonyl (C=O) groups excluding carboxylic acids is 1. The van der Waals surface area contributed by atoms with Crippen molar-refractivity contribution < 1.29 is 28.5 Å². The molecular weight excluding hydrogens is 352 g/mol. The first kappa shape index (κ1) is 20.6. The highest BCUT2D eigenvalue weighted by molar-refractivity contribution is 5.86. The van der Waals surface area contributed by atoms with E-state index in [1.165, 1.54) is 6.07 Å². The minimum Gasteiger partial charge on any atom is -0.504 e. The van der Waals surface area contributed by atoms with E-state index in [1.54, 1.807) is 19.1 Å². The van der Waals surface area contributed by atoms with Gasteiger partial charge in [0.25, 0.3) is 0 Å². The molecule has 0 bridgehead atoms. The molecule has 0 fully saturated rings. The molecule has 0 amide bonds. The quantitative estimate of drug-likeness (QED) is 0.361. The van der Waals surface area contributed by atoms with Crippen LogP contribution in [0.15, 0.2) is 27.4 Å². The van der Waals surface area contributed by atoms with Crippen LogP contribution in [0.4, 0.5) is 0 Å². The third-order valence-electron chi connectivity index (χ3n) is 3.94. The van der Waals surface area contributed by atoms with Gasteiger partial charge in [-0.05, 0) is 25.5 Å². The zero-order chi connectivity index (χ0) is 19.6. The van der Waals surface area contributed by atoms with Gasteiger partial charge in [0.15, 0.2) is 5.75 Å². The maximum atomic E-state index is 12.1. The van der Waals surface area contributed by atoms with Crippen LogP contribution in [-0.4, -0.2) is 30.9 Å². The fourth-order valence-electron chi connectivity index (χ4n) is 2.55. The standard InChI is InChI=1S/C20H26O7/c1-3-5-6-7-11-26-19-18(22)15-9-8-14(13-16(15)27-20(19)23)25-12-10-17(21)24-4-2/h8-9,13,22H,3-7,10-12H2,1-2H3. The molecule has 7 nitrogen and oxygen atoms in total. The Kier molecular flexibility index (Phi) is 7.98. The van der Waals surface area contributed by atoms with E-state index in [4.69, 9.17) is 18.6 Å². The summed E-state index contributed by atoms with van der Waals surface area (Å²) in [5.74, 6) is -0.337. The van der Waals surface area contributed by atoms with Crippen LogP contribution in [0.25, 0.3) is 11.0 Å².